The van der Waals surface area contributed by atoms with Crippen LogP contribution in [-0.4, -0.2) is 50.0 Å². The van der Waals surface area contributed by atoms with Gasteiger partial charge < -0.3 is 9.47 Å². The third kappa shape index (κ3) is 3.35. The van der Waals surface area contributed by atoms with Gasteiger partial charge in [0.15, 0.2) is 5.82 Å². The molecule has 0 radical (unpaired) electrons. The maximum Gasteiger partial charge on any atom is 0.332 e. The highest BCUT2D eigenvalue weighted by Gasteiger charge is 2.43. The lowest BCUT2D eigenvalue weighted by Gasteiger charge is -2.35. The van der Waals surface area contributed by atoms with Gasteiger partial charge in [0.05, 0.1) is 19.7 Å². The first-order valence-corrected chi connectivity index (χ1v) is 10.7. The number of ether oxygens (including phenoxy) is 2. The van der Waals surface area contributed by atoms with Crippen LogP contribution < -0.4 is 15.9 Å². The standard InChI is InChI=1S/C21H27N5O4/c1-29-18-15(5-4-9-22-18)11-24-10-8-21(13-24)14-25-17(12-30-21)23-26(20(28)19(25)27)16-6-2-3-7-16/h4-5,9,16H,2-3,6-8,10-14H2,1H3/t21-/m0/s1. The second kappa shape index (κ2) is 7.63. The molecule has 30 heavy (non-hydrogen) atoms. The molecule has 9 heteroatoms. The Balaban J connectivity index is 1.36. The van der Waals surface area contributed by atoms with Crippen LogP contribution in [0, 0.1) is 0 Å². The Morgan fingerprint density at radius 2 is 2.07 bits per heavy atom. The van der Waals surface area contributed by atoms with E-state index < -0.39 is 16.7 Å². The summed E-state index contributed by atoms with van der Waals surface area (Å²) in [5.74, 6) is 1.19. The lowest BCUT2D eigenvalue weighted by atomic mass is 10.0. The predicted molar refractivity (Wildman–Crippen MR) is 108 cm³/mol. The molecule has 1 saturated carbocycles. The van der Waals surface area contributed by atoms with E-state index in [2.05, 4.69) is 15.0 Å². The van der Waals surface area contributed by atoms with E-state index >= 15 is 0 Å². The molecule has 0 amide bonds. The van der Waals surface area contributed by atoms with E-state index in [0.29, 0.717) is 31.3 Å². The van der Waals surface area contributed by atoms with Gasteiger partial charge in [-0.15, -0.1) is 0 Å². The average molecular weight is 413 g/mol. The molecule has 1 aliphatic carbocycles. The second-order valence-electron chi connectivity index (χ2n) is 8.60. The first kappa shape index (κ1) is 19.4. The predicted octanol–water partition coefficient (Wildman–Crippen LogP) is 1.10. The van der Waals surface area contributed by atoms with Gasteiger partial charge in [-0.2, -0.15) is 5.10 Å². The number of nitrogens with zero attached hydrogens (tertiary/aromatic N) is 5. The maximum atomic E-state index is 12.9. The molecule has 2 fully saturated rings. The van der Waals surface area contributed by atoms with E-state index in [1.54, 1.807) is 17.9 Å². The Kier molecular flexibility index (Phi) is 4.94. The third-order valence-corrected chi connectivity index (χ3v) is 6.63. The van der Waals surface area contributed by atoms with Crippen molar-refractivity contribution in [2.45, 2.75) is 63.4 Å². The van der Waals surface area contributed by atoms with Gasteiger partial charge in [0.25, 0.3) is 0 Å². The molecule has 0 unspecified atom stereocenters. The van der Waals surface area contributed by atoms with Gasteiger partial charge in [0, 0.05) is 31.4 Å². The zero-order valence-electron chi connectivity index (χ0n) is 17.2. The van der Waals surface area contributed by atoms with Crippen molar-refractivity contribution >= 4 is 0 Å². The molecule has 1 saturated heterocycles. The Labute approximate surface area is 174 Å². The third-order valence-electron chi connectivity index (χ3n) is 6.63. The molecule has 3 aliphatic rings. The highest BCUT2D eigenvalue weighted by molar-refractivity contribution is 5.25. The fraction of sp³-hybridized carbons (Fsp3) is 0.619. The molecule has 160 valence electrons. The monoisotopic (exact) mass is 413 g/mol. The highest BCUT2D eigenvalue weighted by Crippen LogP contribution is 2.33. The van der Waals surface area contributed by atoms with Gasteiger partial charge in [-0.1, -0.05) is 18.9 Å². The lowest BCUT2D eigenvalue weighted by molar-refractivity contribution is -0.0861. The Bertz CT molecular complexity index is 1060. The largest absolute Gasteiger partial charge is 0.481 e. The number of hydrogen-bond acceptors (Lipinski definition) is 7. The quantitative estimate of drug-likeness (QED) is 0.693. The Hall–Kier alpha value is -2.52. The van der Waals surface area contributed by atoms with Crippen LogP contribution >= 0.6 is 0 Å². The smallest absolute Gasteiger partial charge is 0.332 e. The van der Waals surface area contributed by atoms with Gasteiger partial charge in [-0.3, -0.25) is 19.1 Å². The molecular formula is C21H27N5O4. The number of methoxy groups -OCH3 is 1. The van der Waals surface area contributed by atoms with E-state index in [9.17, 15) is 9.59 Å². The summed E-state index contributed by atoms with van der Waals surface area (Å²) >= 11 is 0. The van der Waals surface area contributed by atoms with Crippen molar-refractivity contribution in [1.29, 1.82) is 0 Å². The van der Waals surface area contributed by atoms with E-state index in [-0.39, 0.29) is 12.6 Å². The van der Waals surface area contributed by atoms with Crippen LogP contribution in [0.3, 0.4) is 0 Å². The van der Waals surface area contributed by atoms with Crippen LogP contribution in [0.1, 0.15) is 49.5 Å². The number of rotatable bonds is 4. The molecule has 2 aromatic heterocycles. The number of aromatic nitrogens is 4. The van der Waals surface area contributed by atoms with Crippen LogP contribution in [0.15, 0.2) is 27.9 Å². The first-order valence-electron chi connectivity index (χ1n) is 10.7. The van der Waals surface area contributed by atoms with Crippen LogP contribution in [0.4, 0.5) is 0 Å². The molecule has 0 aromatic carbocycles. The summed E-state index contributed by atoms with van der Waals surface area (Å²) in [6, 6.07) is 3.95. The van der Waals surface area contributed by atoms with E-state index in [1.807, 2.05) is 12.1 Å². The molecular weight excluding hydrogens is 386 g/mol. The van der Waals surface area contributed by atoms with Crippen molar-refractivity contribution in [2.75, 3.05) is 20.2 Å². The van der Waals surface area contributed by atoms with Crippen LogP contribution in [0.2, 0.25) is 0 Å². The fourth-order valence-electron chi connectivity index (χ4n) is 5.05. The van der Waals surface area contributed by atoms with Crippen molar-refractivity contribution in [1.82, 2.24) is 24.2 Å². The summed E-state index contributed by atoms with van der Waals surface area (Å²) in [7, 11) is 1.62. The Morgan fingerprint density at radius 1 is 1.23 bits per heavy atom. The second-order valence-corrected chi connectivity index (χ2v) is 8.60. The number of likely N-dealkylation sites (tertiary alicyclic amines) is 1. The fourth-order valence-corrected chi connectivity index (χ4v) is 5.05. The van der Waals surface area contributed by atoms with Crippen molar-refractivity contribution in [3.63, 3.8) is 0 Å². The first-order chi connectivity index (χ1) is 14.6. The number of pyridine rings is 1. The molecule has 2 aromatic rings. The van der Waals surface area contributed by atoms with Gasteiger partial charge in [-0.25, -0.2) is 9.67 Å². The van der Waals surface area contributed by atoms with Crippen LogP contribution in [-0.2, 0) is 24.4 Å². The SMILES string of the molecule is COc1ncccc1CN1CC[C@]2(C1)Cn1c(nn(C3CCCC3)c(=O)c1=O)CO2. The van der Waals surface area contributed by atoms with E-state index in [1.165, 1.54) is 4.68 Å². The highest BCUT2D eigenvalue weighted by atomic mass is 16.5. The van der Waals surface area contributed by atoms with Gasteiger partial charge in [-0.05, 0) is 25.3 Å². The molecule has 9 nitrogen and oxygen atoms in total. The van der Waals surface area contributed by atoms with Crippen LogP contribution in [0.25, 0.3) is 0 Å². The van der Waals surface area contributed by atoms with Gasteiger partial charge in [0.1, 0.15) is 12.2 Å². The average Bonchev–Trinajstić information content (AvgIpc) is 3.42. The summed E-state index contributed by atoms with van der Waals surface area (Å²) in [5.41, 5.74) is -0.425. The maximum absolute atomic E-state index is 12.9. The van der Waals surface area contributed by atoms with Crippen molar-refractivity contribution in [3.8, 4) is 5.88 Å². The van der Waals surface area contributed by atoms with E-state index in [0.717, 1.165) is 44.2 Å². The zero-order chi connectivity index (χ0) is 20.7. The normalized spacial score (nSPS) is 24.4. The summed E-state index contributed by atoms with van der Waals surface area (Å²) in [6.45, 7) is 2.85. The summed E-state index contributed by atoms with van der Waals surface area (Å²) in [6.07, 6.45) is 6.49. The van der Waals surface area contributed by atoms with E-state index in [4.69, 9.17) is 9.47 Å². The van der Waals surface area contributed by atoms with Crippen molar-refractivity contribution in [2.24, 2.45) is 0 Å². The topological polar surface area (TPSA) is 91.5 Å². The molecule has 1 atom stereocenters. The molecule has 1 spiro atoms. The molecule has 4 heterocycles. The zero-order valence-corrected chi connectivity index (χ0v) is 17.2. The summed E-state index contributed by atoms with van der Waals surface area (Å²) < 4.78 is 14.6. The molecule has 0 N–H and O–H groups in total. The summed E-state index contributed by atoms with van der Waals surface area (Å²) in [5, 5.41) is 4.52. The minimum Gasteiger partial charge on any atom is -0.481 e. The minimum absolute atomic E-state index is 0.0448. The van der Waals surface area contributed by atoms with Crippen LogP contribution in [0.5, 0.6) is 5.88 Å². The molecule has 2 aliphatic heterocycles. The van der Waals surface area contributed by atoms with Crippen molar-refractivity contribution in [3.05, 3.63) is 50.4 Å². The van der Waals surface area contributed by atoms with Crippen molar-refractivity contribution < 1.29 is 9.47 Å². The lowest BCUT2D eigenvalue weighted by Crippen LogP contribution is -2.53. The molecule has 5 rings (SSSR count). The number of fused-ring (bicyclic) bond motifs is 1. The Morgan fingerprint density at radius 3 is 2.87 bits per heavy atom. The number of hydrogen-bond donors (Lipinski definition) is 0. The molecule has 0 bridgehead atoms. The minimum atomic E-state index is -0.502. The summed E-state index contributed by atoms with van der Waals surface area (Å²) in [4.78, 5) is 32.1. The van der Waals surface area contributed by atoms with Gasteiger partial charge in [0.2, 0.25) is 5.88 Å². The van der Waals surface area contributed by atoms with Gasteiger partial charge >= 0.3 is 11.1 Å².